The van der Waals surface area contributed by atoms with Crippen LogP contribution in [0.3, 0.4) is 0 Å². The summed E-state index contributed by atoms with van der Waals surface area (Å²) in [6.45, 7) is 3.14. The van der Waals surface area contributed by atoms with Crippen molar-refractivity contribution in [1.29, 1.82) is 0 Å². The first-order valence-electron chi connectivity index (χ1n) is 8.43. The molecule has 0 radical (unpaired) electrons. The molecule has 2 fully saturated rings. The number of hydrogen-bond donors (Lipinski definition) is 1. The number of aromatic nitrogens is 2. The number of carbonyl (C=O) groups excluding carboxylic acids is 1. The van der Waals surface area contributed by atoms with Crippen molar-refractivity contribution in [2.45, 2.75) is 44.8 Å². The van der Waals surface area contributed by atoms with Gasteiger partial charge in [0.2, 0.25) is 5.91 Å². The summed E-state index contributed by atoms with van der Waals surface area (Å²) in [6.07, 6.45) is 7.34. The second kappa shape index (κ2) is 7.59. The molecule has 23 heavy (non-hydrogen) atoms. The van der Waals surface area contributed by atoms with Crippen LogP contribution in [0.2, 0.25) is 0 Å². The number of ether oxygens (including phenoxy) is 1. The Morgan fingerprint density at radius 3 is 2.83 bits per heavy atom. The fraction of sp³-hybridized carbons (Fsp3) is 0.688. The van der Waals surface area contributed by atoms with Crippen molar-refractivity contribution in [3.8, 4) is 0 Å². The molecule has 0 aromatic carbocycles. The van der Waals surface area contributed by atoms with Gasteiger partial charge in [-0.1, -0.05) is 0 Å². The molecule has 1 amide bonds. The third kappa shape index (κ3) is 4.31. The summed E-state index contributed by atoms with van der Waals surface area (Å²) < 4.78 is 6.66. The molecule has 1 atom stereocenters. The molecule has 0 spiro atoms. The minimum absolute atomic E-state index is 0.0498. The summed E-state index contributed by atoms with van der Waals surface area (Å²) >= 11 is 0. The zero-order valence-corrected chi connectivity index (χ0v) is 13.4. The van der Waals surface area contributed by atoms with Crippen LogP contribution in [0.25, 0.3) is 0 Å². The van der Waals surface area contributed by atoms with Crippen LogP contribution in [0.5, 0.6) is 0 Å². The lowest BCUT2D eigenvalue weighted by atomic mass is 10.1. The van der Waals surface area contributed by atoms with E-state index in [0.29, 0.717) is 6.54 Å². The summed E-state index contributed by atoms with van der Waals surface area (Å²) in [7, 11) is 0. The lowest BCUT2D eigenvalue weighted by Crippen LogP contribution is -2.38. The summed E-state index contributed by atoms with van der Waals surface area (Å²) in [4.78, 5) is 26.3. The Labute approximate surface area is 135 Å². The second-order valence-corrected chi connectivity index (χ2v) is 6.20. The summed E-state index contributed by atoms with van der Waals surface area (Å²) in [5.41, 5.74) is 0.617. The van der Waals surface area contributed by atoms with Crippen molar-refractivity contribution in [1.82, 2.24) is 15.1 Å². The number of carbonyl (C=O) groups is 1. The molecule has 1 aromatic heterocycles. The van der Waals surface area contributed by atoms with Gasteiger partial charge in [0, 0.05) is 32.3 Å². The fourth-order valence-electron chi connectivity index (χ4n) is 3.09. The largest absolute Gasteiger partial charge is 0.376 e. The van der Waals surface area contributed by atoms with Gasteiger partial charge < -0.3 is 15.0 Å². The highest BCUT2D eigenvalue weighted by atomic mass is 16.5. The highest BCUT2D eigenvalue weighted by Gasteiger charge is 2.17. The van der Waals surface area contributed by atoms with Gasteiger partial charge >= 0.3 is 0 Å². The maximum Gasteiger partial charge on any atom is 0.269 e. The quantitative estimate of drug-likeness (QED) is 0.856. The standard InChI is InChI=1S/C16H24N4O3/c21-15(17-11-14-5-4-8-23-14)12-20-16(22)9-13(10-18-20)19-6-2-1-3-7-19/h9-10,14H,1-8,11-12H2,(H,17,21)/t14-/m0/s1. The molecule has 0 unspecified atom stereocenters. The van der Waals surface area contributed by atoms with Crippen LogP contribution in [-0.2, 0) is 16.1 Å². The Kier molecular flexibility index (Phi) is 5.27. The molecule has 0 bridgehead atoms. The average Bonchev–Trinajstić information content (AvgIpc) is 3.09. The van der Waals surface area contributed by atoms with Crippen molar-refractivity contribution in [3.05, 3.63) is 22.6 Å². The normalized spacial score (nSPS) is 21.4. The van der Waals surface area contributed by atoms with Gasteiger partial charge in [-0.05, 0) is 32.1 Å². The van der Waals surface area contributed by atoms with Crippen LogP contribution in [0.1, 0.15) is 32.1 Å². The predicted molar refractivity (Wildman–Crippen MR) is 86.5 cm³/mol. The monoisotopic (exact) mass is 320 g/mol. The van der Waals surface area contributed by atoms with E-state index in [1.54, 1.807) is 12.3 Å². The lowest BCUT2D eigenvalue weighted by Gasteiger charge is -2.28. The number of nitrogens with one attached hydrogen (secondary N) is 1. The zero-order valence-electron chi connectivity index (χ0n) is 13.4. The van der Waals surface area contributed by atoms with Gasteiger partial charge in [-0.2, -0.15) is 5.10 Å². The summed E-state index contributed by atoms with van der Waals surface area (Å²) in [5, 5.41) is 6.95. The van der Waals surface area contributed by atoms with E-state index in [1.165, 1.54) is 11.1 Å². The topological polar surface area (TPSA) is 76.5 Å². The van der Waals surface area contributed by atoms with Gasteiger partial charge in [0.05, 0.1) is 18.0 Å². The van der Waals surface area contributed by atoms with Gasteiger partial charge in [0.1, 0.15) is 6.54 Å². The lowest BCUT2D eigenvalue weighted by molar-refractivity contribution is -0.122. The van der Waals surface area contributed by atoms with Crippen LogP contribution in [-0.4, -0.2) is 48.0 Å². The molecular formula is C16H24N4O3. The molecule has 0 aliphatic carbocycles. The van der Waals surface area contributed by atoms with E-state index >= 15 is 0 Å². The van der Waals surface area contributed by atoms with Crippen molar-refractivity contribution >= 4 is 11.6 Å². The zero-order chi connectivity index (χ0) is 16.1. The Balaban J connectivity index is 1.55. The second-order valence-electron chi connectivity index (χ2n) is 6.20. The number of rotatable bonds is 5. The van der Waals surface area contributed by atoms with Crippen molar-refractivity contribution < 1.29 is 9.53 Å². The van der Waals surface area contributed by atoms with E-state index in [-0.39, 0.29) is 24.1 Å². The first kappa shape index (κ1) is 16.0. The van der Waals surface area contributed by atoms with E-state index < -0.39 is 0 Å². The number of amides is 1. The number of nitrogens with zero attached hydrogens (tertiary/aromatic N) is 3. The van der Waals surface area contributed by atoms with Gasteiger partial charge in [0.15, 0.2) is 0 Å². The smallest absolute Gasteiger partial charge is 0.269 e. The van der Waals surface area contributed by atoms with E-state index in [2.05, 4.69) is 15.3 Å². The molecule has 1 N–H and O–H groups in total. The molecule has 1 aromatic rings. The van der Waals surface area contributed by atoms with Crippen molar-refractivity contribution in [2.24, 2.45) is 0 Å². The van der Waals surface area contributed by atoms with E-state index in [1.807, 2.05) is 0 Å². The molecule has 126 valence electrons. The predicted octanol–water partition coefficient (Wildman–Crippen LogP) is 0.529. The van der Waals surface area contributed by atoms with Gasteiger partial charge in [-0.15, -0.1) is 0 Å². The number of hydrogen-bond acceptors (Lipinski definition) is 5. The first-order valence-corrected chi connectivity index (χ1v) is 8.43. The van der Waals surface area contributed by atoms with Gasteiger partial charge in [0.25, 0.3) is 5.56 Å². The number of piperidine rings is 1. The van der Waals surface area contributed by atoms with Gasteiger partial charge in [-0.25, -0.2) is 4.68 Å². The molecule has 2 aliphatic heterocycles. The SMILES string of the molecule is O=C(Cn1ncc(N2CCCCC2)cc1=O)NC[C@@H]1CCCO1. The van der Waals surface area contributed by atoms with Crippen LogP contribution < -0.4 is 15.8 Å². The van der Waals surface area contributed by atoms with Crippen LogP contribution >= 0.6 is 0 Å². The molecule has 3 heterocycles. The van der Waals surface area contributed by atoms with Crippen LogP contribution in [0.15, 0.2) is 17.1 Å². The van der Waals surface area contributed by atoms with E-state index in [9.17, 15) is 9.59 Å². The average molecular weight is 320 g/mol. The molecule has 2 aliphatic rings. The Morgan fingerprint density at radius 1 is 1.30 bits per heavy atom. The molecule has 7 heteroatoms. The Morgan fingerprint density at radius 2 is 2.13 bits per heavy atom. The maximum absolute atomic E-state index is 12.1. The van der Waals surface area contributed by atoms with Crippen LogP contribution in [0, 0.1) is 0 Å². The fourth-order valence-corrected chi connectivity index (χ4v) is 3.09. The molecular weight excluding hydrogens is 296 g/mol. The van der Waals surface area contributed by atoms with Crippen LogP contribution in [0.4, 0.5) is 5.69 Å². The van der Waals surface area contributed by atoms with Crippen molar-refractivity contribution in [2.75, 3.05) is 31.1 Å². The van der Waals surface area contributed by atoms with E-state index in [4.69, 9.17) is 4.74 Å². The number of anilines is 1. The Bertz CT molecular complexity index is 589. The highest BCUT2D eigenvalue weighted by molar-refractivity contribution is 5.75. The summed E-state index contributed by atoms with van der Waals surface area (Å²) in [6, 6.07) is 1.58. The molecule has 7 nitrogen and oxygen atoms in total. The molecule has 0 saturated carbocycles. The Hall–Kier alpha value is -1.89. The highest BCUT2D eigenvalue weighted by Crippen LogP contribution is 2.16. The van der Waals surface area contributed by atoms with Gasteiger partial charge in [-0.3, -0.25) is 9.59 Å². The van der Waals surface area contributed by atoms with E-state index in [0.717, 1.165) is 51.1 Å². The summed E-state index contributed by atoms with van der Waals surface area (Å²) in [5.74, 6) is -0.208. The third-order valence-electron chi connectivity index (χ3n) is 4.42. The minimum Gasteiger partial charge on any atom is -0.376 e. The minimum atomic E-state index is -0.236. The molecule has 2 saturated heterocycles. The first-order chi connectivity index (χ1) is 11.2. The molecule has 3 rings (SSSR count). The maximum atomic E-state index is 12.1. The third-order valence-corrected chi connectivity index (χ3v) is 4.42. The van der Waals surface area contributed by atoms with Crippen molar-refractivity contribution in [3.63, 3.8) is 0 Å².